The topological polar surface area (TPSA) is 63.7 Å². The average molecular weight is 335 g/mol. The van der Waals surface area contributed by atoms with Crippen molar-refractivity contribution in [2.24, 2.45) is 5.92 Å². The standard InChI is InChI=1S/C16H21N3O3S/c1-10(9-21-2)17-15(20)11-7-19(8-11)16-18-14-12(22-3)5-4-6-13(14)23-16/h4-6,10-11H,7-9H2,1-3H3,(H,17,20)/t10-/m1/s1. The molecule has 1 N–H and O–H groups in total. The molecule has 124 valence electrons. The van der Waals surface area contributed by atoms with Gasteiger partial charge in [0.15, 0.2) is 5.13 Å². The Kier molecular flexibility index (Phi) is 4.68. The number of methoxy groups -OCH3 is 2. The van der Waals surface area contributed by atoms with E-state index in [0.29, 0.717) is 19.7 Å². The molecule has 7 heteroatoms. The highest BCUT2D eigenvalue weighted by Crippen LogP contribution is 2.36. The summed E-state index contributed by atoms with van der Waals surface area (Å²) in [6, 6.07) is 5.95. The van der Waals surface area contributed by atoms with E-state index in [2.05, 4.69) is 15.2 Å². The van der Waals surface area contributed by atoms with Crippen LogP contribution in [0.15, 0.2) is 18.2 Å². The molecule has 1 aliphatic rings. The molecule has 0 saturated carbocycles. The van der Waals surface area contributed by atoms with Crippen LogP contribution in [0.1, 0.15) is 6.92 Å². The van der Waals surface area contributed by atoms with Gasteiger partial charge in [-0.2, -0.15) is 0 Å². The summed E-state index contributed by atoms with van der Waals surface area (Å²) in [5, 5.41) is 3.92. The van der Waals surface area contributed by atoms with Gasteiger partial charge in [-0.3, -0.25) is 4.79 Å². The number of hydrogen-bond donors (Lipinski definition) is 1. The predicted octanol–water partition coefficient (Wildman–Crippen LogP) is 1.89. The number of rotatable bonds is 6. The average Bonchev–Trinajstić information content (AvgIpc) is 2.88. The van der Waals surface area contributed by atoms with E-state index in [1.807, 2.05) is 25.1 Å². The molecule has 1 aromatic carbocycles. The maximum atomic E-state index is 12.1. The molecule has 1 aromatic heterocycles. The second kappa shape index (κ2) is 6.72. The molecule has 0 aliphatic carbocycles. The Morgan fingerprint density at radius 1 is 1.48 bits per heavy atom. The molecule has 3 rings (SSSR count). The minimum atomic E-state index is 0.0169. The highest BCUT2D eigenvalue weighted by atomic mass is 32.1. The Hall–Kier alpha value is -1.86. The van der Waals surface area contributed by atoms with Crippen LogP contribution in [0.4, 0.5) is 5.13 Å². The van der Waals surface area contributed by atoms with Gasteiger partial charge in [-0.25, -0.2) is 4.98 Å². The van der Waals surface area contributed by atoms with Crippen LogP contribution >= 0.6 is 11.3 Å². The van der Waals surface area contributed by atoms with Gasteiger partial charge in [0.1, 0.15) is 11.3 Å². The first-order valence-corrected chi connectivity index (χ1v) is 8.41. The van der Waals surface area contributed by atoms with Crippen LogP contribution in [-0.2, 0) is 9.53 Å². The minimum Gasteiger partial charge on any atom is -0.494 e. The number of thiazole rings is 1. The molecule has 23 heavy (non-hydrogen) atoms. The minimum absolute atomic E-state index is 0.0169. The van der Waals surface area contributed by atoms with Crippen molar-refractivity contribution in [3.05, 3.63) is 18.2 Å². The number of nitrogens with one attached hydrogen (secondary N) is 1. The number of fused-ring (bicyclic) bond motifs is 1. The van der Waals surface area contributed by atoms with Crippen molar-refractivity contribution >= 4 is 32.6 Å². The Labute approximate surface area is 139 Å². The summed E-state index contributed by atoms with van der Waals surface area (Å²) in [7, 11) is 3.29. The first-order valence-electron chi connectivity index (χ1n) is 7.60. The van der Waals surface area contributed by atoms with E-state index in [1.54, 1.807) is 25.6 Å². The van der Waals surface area contributed by atoms with Gasteiger partial charge < -0.3 is 19.7 Å². The molecule has 1 aliphatic heterocycles. The summed E-state index contributed by atoms with van der Waals surface area (Å²) in [5.74, 6) is 0.890. The third kappa shape index (κ3) is 3.25. The number of ether oxygens (including phenoxy) is 2. The molecule has 1 saturated heterocycles. The Morgan fingerprint density at radius 2 is 2.26 bits per heavy atom. The first kappa shape index (κ1) is 16.0. The van der Waals surface area contributed by atoms with Crippen molar-refractivity contribution in [1.82, 2.24) is 10.3 Å². The zero-order chi connectivity index (χ0) is 16.4. The predicted molar refractivity (Wildman–Crippen MR) is 91.4 cm³/mol. The van der Waals surface area contributed by atoms with Crippen LogP contribution in [0, 0.1) is 5.92 Å². The third-order valence-electron chi connectivity index (χ3n) is 3.92. The molecular formula is C16H21N3O3S. The van der Waals surface area contributed by atoms with E-state index in [4.69, 9.17) is 9.47 Å². The lowest BCUT2D eigenvalue weighted by atomic mass is 10.00. The van der Waals surface area contributed by atoms with Crippen molar-refractivity contribution in [1.29, 1.82) is 0 Å². The van der Waals surface area contributed by atoms with E-state index in [1.165, 1.54) is 0 Å². The van der Waals surface area contributed by atoms with Crippen LogP contribution in [0.2, 0.25) is 0 Å². The Bertz CT molecular complexity index is 697. The molecule has 0 radical (unpaired) electrons. The second-order valence-electron chi connectivity index (χ2n) is 5.77. The van der Waals surface area contributed by atoms with Gasteiger partial charge in [-0.05, 0) is 19.1 Å². The van der Waals surface area contributed by atoms with Gasteiger partial charge in [0.05, 0.1) is 24.3 Å². The summed E-state index contributed by atoms with van der Waals surface area (Å²) >= 11 is 1.63. The van der Waals surface area contributed by atoms with Gasteiger partial charge in [-0.1, -0.05) is 17.4 Å². The molecule has 0 bridgehead atoms. The normalized spacial score (nSPS) is 16.2. The van der Waals surface area contributed by atoms with Crippen molar-refractivity contribution in [2.45, 2.75) is 13.0 Å². The van der Waals surface area contributed by atoms with Gasteiger partial charge in [-0.15, -0.1) is 0 Å². The number of nitrogens with zero attached hydrogens (tertiary/aromatic N) is 2. The van der Waals surface area contributed by atoms with Crippen LogP contribution in [0.25, 0.3) is 10.2 Å². The van der Waals surface area contributed by atoms with Crippen molar-refractivity contribution < 1.29 is 14.3 Å². The summed E-state index contributed by atoms with van der Waals surface area (Å²) in [6.45, 7) is 3.87. The second-order valence-corrected chi connectivity index (χ2v) is 6.78. The number of carbonyl (C=O) groups excluding carboxylic acids is 1. The number of aromatic nitrogens is 1. The number of anilines is 1. The van der Waals surface area contributed by atoms with Gasteiger partial charge >= 0.3 is 0 Å². The SMILES string of the molecule is COC[C@@H](C)NC(=O)C1CN(c2nc3c(OC)cccc3s2)C1. The van der Waals surface area contributed by atoms with E-state index >= 15 is 0 Å². The van der Waals surface area contributed by atoms with E-state index in [0.717, 1.165) is 21.1 Å². The summed E-state index contributed by atoms with van der Waals surface area (Å²) in [6.07, 6.45) is 0. The summed E-state index contributed by atoms with van der Waals surface area (Å²) < 4.78 is 11.5. The fraction of sp³-hybridized carbons (Fsp3) is 0.500. The fourth-order valence-electron chi connectivity index (χ4n) is 2.66. The summed E-state index contributed by atoms with van der Waals surface area (Å²) in [5.41, 5.74) is 0.886. The van der Waals surface area contributed by atoms with Crippen LogP contribution in [0.3, 0.4) is 0 Å². The molecule has 1 fully saturated rings. The molecule has 2 heterocycles. The van der Waals surface area contributed by atoms with Crippen molar-refractivity contribution in [2.75, 3.05) is 38.8 Å². The lowest BCUT2D eigenvalue weighted by Crippen LogP contribution is -2.55. The number of hydrogen-bond acceptors (Lipinski definition) is 6. The molecule has 6 nitrogen and oxygen atoms in total. The maximum absolute atomic E-state index is 12.1. The van der Waals surface area contributed by atoms with Gasteiger partial charge in [0, 0.05) is 26.2 Å². The van der Waals surface area contributed by atoms with Crippen LogP contribution < -0.4 is 15.0 Å². The molecule has 2 aromatic rings. The van der Waals surface area contributed by atoms with Crippen molar-refractivity contribution in [3.8, 4) is 5.75 Å². The molecule has 0 unspecified atom stereocenters. The lowest BCUT2D eigenvalue weighted by molar-refractivity contribution is -0.126. The fourth-order valence-corrected chi connectivity index (χ4v) is 3.67. The number of benzene rings is 1. The molecular weight excluding hydrogens is 314 g/mol. The molecule has 1 amide bonds. The monoisotopic (exact) mass is 335 g/mol. The zero-order valence-electron chi connectivity index (χ0n) is 13.5. The van der Waals surface area contributed by atoms with Crippen LogP contribution in [0.5, 0.6) is 5.75 Å². The summed E-state index contributed by atoms with van der Waals surface area (Å²) in [4.78, 5) is 18.9. The number of para-hydroxylation sites is 1. The third-order valence-corrected chi connectivity index (χ3v) is 5.00. The van der Waals surface area contributed by atoms with E-state index in [-0.39, 0.29) is 17.9 Å². The van der Waals surface area contributed by atoms with Gasteiger partial charge in [0.2, 0.25) is 5.91 Å². The quantitative estimate of drug-likeness (QED) is 0.873. The largest absolute Gasteiger partial charge is 0.494 e. The van der Waals surface area contributed by atoms with Gasteiger partial charge in [0.25, 0.3) is 0 Å². The Morgan fingerprint density at radius 3 is 2.96 bits per heavy atom. The zero-order valence-corrected chi connectivity index (χ0v) is 14.4. The highest BCUT2D eigenvalue weighted by Gasteiger charge is 2.34. The number of carbonyl (C=O) groups is 1. The lowest BCUT2D eigenvalue weighted by Gasteiger charge is -2.38. The molecule has 0 spiro atoms. The maximum Gasteiger partial charge on any atom is 0.226 e. The van der Waals surface area contributed by atoms with Crippen LogP contribution in [-0.4, -0.2) is 50.8 Å². The molecule has 1 atom stereocenters. The smallest absolute Gasteiger partial charge is 0.226 e. The first-order chi connectivity index (χ1) is 11.1. The van der Waals surface area contributed by atoms with E-state index in [9.17, 15) is 4.79 Å². The number of amides is 1. The highest BCUT2D eigenvalue weighted by molar-refractivity contribution is 7.22. The Balaban J connectivity index is 1.62. The van der Waals surface area contributed by atoms with E-state index < -0.39 is 0 Å². The van der Waals surface area contributed by atoms with Crippen molar-refractivity contribution in [3.63, 3.8) is 0 Å².